The molecule has 0 spiro atoms. The SMILES string of the molecule is C[C@@H](NC(=O)c1cc(-c2ccccn2)nc2ccccc12)C(=O)O. The molecule has 0 saturated heterocycles. The Morgan fingerprint density at radius 2 is 1.83 bits per heavy atom. The number of aliphatic carboxylic acids is 1. The van der Waals surface area contributed by atoms with Crippen molar-refractivity contribution in [3.05, 3.63) is 60.3 Å². The van der Waals surface area contributed by atoms with Gasteiger partial charge in [-0.2, -0.15) is 0 Å². The van der Waals surface area contributed by atoms with Crippen LogP contribution in [0.2, 0.25) is 0 Å². The van der Waals surface area contributed by atoms with Crippen LogP contribution in [0.25, 0.3) is 22.3 Å². The predicted octanol–water partition coefficient (Wildman–Crippen LogP) is 2.50. The molecule has 1 aromatic carbocycles. The number of carboxylic acids is 1. The molecule has 0 aliphatic rings. The third-order valence-electron chi connectivity index (χ3n) is 3.61. The highest BCUT2D eigenvalue weighted by molar-refractivity contribution is 6.08. The Morgan fingerprint density at radius 1 is 1.08 bits per heavy atom. The van der Waals surface area contributed by atoms with Gasteiger partial charge in [-0.15, -0.1) is 0 Å². The number of hydrogen-bond acceptors (Lipinski definition) is 4. The molecule has 6 nitrogen and oxygen atoms in total. The van der Waals surface area contributed by atoms with Crippen molar-refractivity contribution in [2.45, 2.75) is 13.0 Å². The van der Waals surface area contributed by atoms with Crippen molar-refractivity contribution in [2.24, 2.45) is 0 Å². The number of pyridine rings is 2. The zero-order valence-electron chi connectivity index (χ0n) is 12.9. The number of amides is 1. The van der Waals surface area contributed by atoms with Gasteiger partial charge in [-0.05, 0) is 31.2 Å². The Bertz CT molecular complexity index is 910. The van der Waals surface area contributed by atoms with E-state index in [9.17, 15) is 9.59 Å². The monoisotopic (exact) mass is 321 g/mol. The lowest BCUT2D eigenvalue weighted by atomic mass is 10.1. The lowest BCUT2D eigenvalue weighted by molar-refractivity contribution is -0.138. The molecule has 6 heteroatoms. The molecule has 1 atom stereocenters. The standard InChI is InChI=1S/C18H15N3O3/c1-11(18(23)24)20-17(22)13-10-16(15-8-4-5-9-19-15)21-14-7-3-2-6-12(13)14/h2-11H,1H3,(H,20,22)(H,23,24)/t11-/m1/s1. The highest BCUT2D eigenvalue weighted by Crippen LogP contribution is 2.23. The van der Waals surface area contributed by atoms with Crippen LogP contribution in [0.15, 0.2) is 54.7 Å². The molecule has 0 aliphatic carbocycles. The van der Waals surface area contributed by atoms with Crippen molar-refractivity contribution >= 4 is 22.8 Å². The molecule has 0 unspecified atom stereocenters. The molecule has 24 heavy (non-hydrogen) atoms. The average molecular weight is 321 g/mol. The largest absolute Gasteiger partial charge is 0.480 e. The first-order valence-electron chi connectivity index (χ1n) is 7.41. The van der Waals surface area contributed by atoms with Crippen LogP contribution < -0.4 is 5.32 Å². The third kappa shape index (κ3) is 3.08. The first-order chi connectivity index (χ1) is 11.6. The summed E-state index contributed by atoms with van der Waals surface area (Å²) in [6.07, 6.45) is 1.65. The Morgan fingerprint density at radius 3 is 2.54 bits per heavy atom. The van der Waals surface area contributed by atoms with Crippen molar-refractivity contribution in [1.29, 1.82) is 0 Å². The topological polar surface area (TPSA) is 92.2 Å². The van der Waals surface area contributed by atoms with Gasteiger partial charge >= 0.3 is 5.97 Å². The summed E-state index contributed by atoms with van der Waals surface area (Å²) in [5.41, 5.74) is 2.22. The number of para-hydroxylation sites is 1. The molecule has 2 aromatic heterocycles. The van der Waals surface area contributed by atoms with E-state index in [2.05, 4.69) is 15.3 Å². The molecule has 3 rings (SSSR count). The molecular formula is C18H15N3O3. The second-order valence-electron chi connectivity index (χ2n) is 5.32. The lowest BCUT2D eigenvalue weighted by Crippen LogP contribution is -2.38. The van der Waals surface area contributed by atoms with Crippen molar-refractivity contribution in [3.63, 3.8) is 0 Å². The Hall–Kier alpha value is -3.28. The van der Waals surface area contributed by atoms with Crippen molar-refractivity contribution in [3.8, 4) is 11.4 Å². The van der Waals surface area contributed by atoms with Crippen molar-refractivity contribution in [2.75, 3.05) is 0 Å². The van der Waals surface area contributed by atoms with Gasteiger partial charge in [0.25, 0.3) is 5.91 Å². The molecule has 0 aliphatic heterocycles. The molecule has 0 radical (unpaired) electrons. The Kier molecular flexibility index (Phi) is 4.20. The van der Waals surface area contributed by atoms with Gasteiger partial charge in [-0.3, -0.25) is 14.6 Å². The molecule has 0 fully saturated rings. The van der Waals surface area contributed by atoms with Gasteiger partial charge < -0.3 is 10.4 Å². The maximum Gasteiger partial charge on any atom is 0.325 e. The summed E-state index contributed by atoms with van der Waals surface area (Å²) in [5, 5.41) is 12.1. The fraction of sp³-hybridized carbons (Fsp3) is 0.111. The van der Waals surface area contributed by atoms with Gasteiger partial charge in [0.1, 0.15) is 6.04 Å². The van der Waals surface area contributed by atoms with Crippen LogP contribution in [0.1, 0.15) is 17.3 Å². The first-order valence-corrected chi connectivity index (χ1v) is 7.41. The number of carbonyl (C=O) groups is 2. The Labute approximate surface area is 138 Å². The number of carboxylic acid groups (broad SMARTS) is 1. The molecule has 2 heterocycles. The third-order valence-corrected chi connectivity index (χ3v) is 3.61. The lowest BCUT2D eigenvalue weighted by Gasteiger charge is -2.12. The van der Waals surface area contributed by atoms with Crippen LogP contribution in [0.5, 0.6) is 0 Å². The summed E-state index contributed by atoms with van der Waals surface area (Å²) in [5.74, 6) is -1.55. The van der Waals surface area contributed by atoms with E-state index in [4.69, 9.17) is 5.11 Å². The maximum absolute atomic E-state index is 12.5. The van der Waals surface area contributed by atoms with Gasteiger partial charge in [0.2, 0.25) is 0 Å². The van der Waals surface area contributed by atoms with E-state index in [0.29, 0.717) is 27.9 Å². The van der Waals surface area contributed by atoms with Crippen LogP contribution in [-0.2, 0) is 4.79 Å². The normalized spacial score (nSPS) is 11.9. The Balaban J connectivity index is 2.11. The zero-order valence-corrected chi connectivity index (χ0v) is 12.9. The number of rotatable bonds is 4. The van der Waals surface area contributed by atoms with E-state index in [0.717, 1.165) is 0 Å². The molecule has 0 saturated carbocycles. The summed E-state index contributed by atoms with van der Waals surface area (Å²) in [6, 6.07) is 13.3. The molecule has 2 N–H and O–H groups in total. The van der Waals surface area contributed by atoms with Crippen molar-refractivity contribution in [1.82, 2.24) is 15.3 Å². The number of carbonyl (C=O) groups excluding carboxylic acids is 1. The number of nitrogens with one attached hydrogen (secondary N) is 1. The van der Waals surface area contributed by atoms with Gasteiger partial charge in [-0.1, -0.05) is 24.3 Å². The van der Waals surface area contributed by atoms with Gasteiger partial charge in [-0.25, -0.2) is 4.98 Å². The quantitative estimate of drug-likeness (QED) is 0.770. The minimum atomic E-state index is -1.09. The minimum Gasteiger partial charge on any atom is -0.480 e. The summed E-state index contributed by atoms with van der Waals surface area (Å²) in [6.45, 7) is 1.42. The van der Waals surface area contributed by atoms with Gasteiger partial charge in [0.05, 0.1) is 22.5 Å². The highest BCUT2D eigenvalue weighted by atomic mass is 16.4. The molecular weight excluding hydrogens is 306 g/mol. The molecule has 120 valence electrons. The summed E-state index contributed by atoms with van der Waals surface area (Å²) >= 11 is 0. The summed E-state index contributed by atoms with van der Waals surface area (Å²) in [4.78, 5) is 32.3. The van der Waals surface area contributed by atoms with Gasteiger partial charge in [0.15, 0.2) is 0 Å². The summed E-state index contributed by atoms with van der Waals surface area (Å²) in [7, 11) is 0. The maximum atomic E-state index is 12.5. The summed E-state index contributed by atoms with van der Waals surface area (Å²) < 4.78 is 0. The van der Waals surface area contributed by atoms with E-state index >= 15 is 0 Å². The van der Waals surface area contributed by atoms with Crippen molar-refractivity contribution < 1.29 is 14.7 Å². The van der Waals surface area contributed by atoms with E-state index in [-0.39, 0.29) is 0 Å². The number of nitrogens with zero attached hydrogens (tertiary/aromatic N) is 2. The van der Waals surface area contributed by atoms with E-state index < -0.39 is 17.9 Å². The van der Waals surface area contributed by atoms with Crippen LogP contribution >= 0.6 is 0 Å². The second-order valence-corrected chi connectivity index (χ2v) is 5.32. The molecule has 0 bridgehead atoms. The molecule has 3 aromatic rings. The predicted molar refractivity (Wildman–Crippen MR) is 89.5 cm³/mol. The fourth-order valence-corrected chi connectivity index (χ4v) is 2.34. The zero-order chi connectivity index (χ0) is 17.1. The number of benzene rings is 1. The number of hydrogen-bond donors (Lipinski definition) is 2. The van der Waals surface area contributed by atoms with Crippen LogP contribution in [0.3, 0.4) is 0 Å². The molecule has 1 amide bonds. The fourth-order valence-electron chi connectivity index (χ4n) is 2.34. The minimum absolute atomic E-state index is 0.370. The number of aromatic nitrogens is 2. The first kappa shape index (κ1) is 15.6. The second kappa shape index (κ2) is 6.45. The van der Waals surface area contributed by atoms with Gasteiger partial charge in [0, 0.05) is 11.6 Å². The van der Waals surface area contributed by atoms with Crippen LogP contribution in [-0.4, -0.2) is 33.0 Å². The highest BCUT2D eigenvalue weighted by Gasteiger charge is 2.18. The van der Waals surface area contributed by atoms with E-state index in [1.165, 1.54) is 6.92 Å². The van der Waals surface area contributed by atoms with E-state index in [1.807, 2.05) is 18.2 Å². The van der Waals surface area contributed by atoms with Crippen LogP contribution in [0.4, 0.5) is 0 Å². The average Bonchev–Trinajstić information content (AvgIpc) is 2.61. The van der Waals surface area contributed by atoms with E-state index in [1.54, 1.807) is 36.5 Å². The smallest absolute Gasteiger partial charge is 0.325 e. The van der Waals surface area contributed by atoms with Crippen LogP contribution in [0, 0.1) is 0 Å². The number of fused-ring (bicyclic) bond motifs is 1.